The second kappa shape index (κ2) is 10.3. The summed E-state index contributed by atoms with van der Waals surface area (Å²) >= 11 is 0. The van der Waals surface area contributed by atoms with Crippen LogP contribution in [0.5, 0.6) is 0 Å². The molecule has 0 spiro atoms. The van der Waals surface area contributed by atoms with Gasteiger partial charge >= 0.3 is 6.03 Å². The lowest BCUT2D eigenvalue weighted by Crippen LogP contribution is -2.35. The highest BCUT2D eigenvalue weighted by atomic mass is 16.5. The summed E-state index contributed by atoms with van der Waals surface area (Å²) in [6, 6.07) is 19.8. The van der Waals surface area contributed by atoms with E-state index in [0.717, 1.165) is 35.9 Å². The molecule has 2 aromatic carbocycles. The molecular formula is C27H25N5O3. The summed E-state index contributed by atoms with van der Waals surface area (Å²) in [4.78, 5) is 34.2. The van der Waals surface area contributed by atoms with Crippen LogP contribution in [0.15, 0.2) is 79.1 Å². The Kier molecular flexibility index (Phi) is 6.63. The van der Waals surface area contributed by atoms with E-state index in [1.807, 2.05) is 36.4 Å². The predicted octanol–water partition coefficient (Wildman–Crippen LogP) is 4.85. The maximum absolute atomic E-state index is 13.2. The lowest BCUT2D eigenvalue weighted by atomic mass is 10.0. The Morgan fingerprint density at radius 1 is 0.971 bits per heavy atom. The lowest BCUT2D eigenvalue weighted by molar-refractivity contribution is 0.102. The first-order valence-corrected chi connectivity index (χ1v) is 11.5. The topological polar surface area (TPSA) is 105 Å². The standard InChI is InChI=1S/C27H25N5O3/c33-26(23-15-25(18-5-3-13-28-16-18)32-24-8-2-1-7-22(23)24)30-19-9-11-20(12-10-19)31-27(34)29-17-21-6-4-14-35-21/h1-3,5,7-13,15-16,21H,4,6,14,17H2,(H,30,33)(H2,29,31,34). The maximum Gasteiger partial charge on any atom is 0.319 e. The van der Waals surface area contributed by atoms with Crippen molar-refractivity contribution in [3.05, 3.63) is 84.7 Å². The Hall–Kier alpha value is -4.30. The van der Waals surface area contributed by atoms with Gasteiger partial charge in [0.1, 0.15) is 0 Å². The molecule has 0 saturated carbocycles. The van der Waals surface area contributed by atoms with E-state index in [9.17, 15) is 9.59 Å². The normalized spacial score (nSPS) is 15.0. The molecule has 2 aromatic heterocycles. The Morgan fingerprint density at radius 3 is 2.51 bits per heavy atom. The van der Waals surface area contributed by atoms with Crippen molar-refractivity contribution in [3.63, 3.8) is 0 Å². The summed E-state index contributed by atoms with van der Waals surface area (Å²) in [5, 5.41) is 9.32. The van der Waals surface area contributed by atoms with Crippen molar-refractivity contribution in [1.82, 2.24) is 15.3 Å². The lowest BCUT2D eigenvalue weighted by Gasteiger charge is -2.13. The van der Waals surface area contributed by atoms with Gasteiger partial charge in [0.25, 0.3) is 5.91 Å². The van der Waals surface area contributed by atoms with Gasteiger partial charge in [-0.05, 0) is 61.4 Å². The monoisotopic (exact) mass is 467 g/mol. The largest absolute Gasteiger partial charge is 0.376 e. The van der Waals surface area contributed by atoms with Crippen LogP contribution in [0.2, 0.25) is 0 Å². The maximum atomic E-state index is 13.2. The number of para-hydroxylation sites is 1. The number of pyridine rings is 2. The third-order valence-corrected chi connectivity index (χ3v) is 5.83. The van der Waals surface area contributed by atoms with Gasteiger partial charge in [-0.3, -0.25) is 9.78 Å². The Labute approximate surface area is 202 Å². The summed E-state index contributed by atoms with van der Waals surface area (Å²) in [6.45, 7) is 1.24. The molecule has 3 heterocycles. The van der Waals surface area contributed by atoms with E-state index in [1.165, 1.54) is 0 Å². The quantitative estimate of drug-likeness (QED) is 0.376. The molecule has 0 radical (unpaired) electrons. The van der Waals surface area contributed by atoms with E-state index in [4.69, 9.17) is 9.72 Å². The number of aromatic nitrogens is 2. The predicted molar refractivity (Wildman–Crippen MR) is 135 cm³/mol. The van der Waals surface area contributed by atoms with E-state index in [-0.39, 0.29) is 18.0 Å². The van der Waals surface area contributed by atoms with Crippen LogP contribution in [0.25, 0.3) is 22.2 Å². The number of hydrogen-bond acceptors (Lipinski definition) is 5. The van der Waals surface area contributed by atoms with Gasteiger partial charge in [-0.25, -0.2) is 9.78 Å². The first kappa shape index (κ1) is 22.5. The number of carbonyl (C=O) groups is 2. The molecule has 3 N–H and O–H groups in total. The van der Waals surface area contributed by atoms with Gasteiger partial charge in [-0.15, -0.1) is 0 Å². The number of hydrogen-bond donors (Lipinski definition) is 3. The van der Waals surface area contributed by atoms with Crippen molar-refractivity contribution in [2.75, 3.05) is 23.8 Å². The highest BCUT2D eigenvalue weighted by Gasteiger charge is 2.17. The second-order valence-electron chi connectivity index (χ2n) is 8.32. The SMILES string of the molecule is O=C(NCC1CCCO1)Nc1ccc(NC(=O)c2cc(-c3cccnc3)nc3ccccc23)cc1. The van der Waals surface area contributed by atoms with Crippen LogP contribution in [0.4, 0.5) is 16.2 Å². The fourth-order valence-corrected chi connectivity index (χ4v) is 4.05. The van der Waals surface area contributed by atoms with E-state index in [1.54, 1.807) is 42.7 Å². The summed E-state index contributed by atoms with van der Waals surface area (Å²) in [5.41, 5.74) is 4.00. The number of ether oxygens (including phenoxy) is 1. The summed E-state index contributed by atoms with van der Waals surface area (Å²) in [7, 11) is 0. The number of rotatable bonds is 6. The van der Waals surface area contributed by atoms with Gasteiger partial charge in [0.05, 0.1) is 22.9 Å². The minimum Gasteiger partial charge on any atom is -0.376 e. The van der Waals surface area contributed by atoms with E-state index in [2.05, 4.69) is 20.9 Å². The van der Waals surface area contributed by atoms with Gasteiger partial charge in [0, 0.05) is 47.9 Å². The van der Waals surface area contributed by atoms with Crippen LogP contribution in [-0.4, -0.2) is 41.2 Å². The molecule has 8 heteroatoms. The first-order chi connectivity index (χ1) is 17.2. The van der Waals surface area contributed by atoms with E-state index in [0.29, 0.717) is 29.2 Å². The molecule has 0 aliphatic carbocycles. The zero-order valence-corrected chi connectivity index (χ0v) is 19.0. The highest BCUT2D eigenvalue weighted by Crippen LogP contribution is 2.25. The smallest absolute Gasteiger partial charge is 0.319 e. The molecule has 1 unspecified atom stereocenters. The molecule has 0 bridgehead atoms. The number of nitrogens with one attached hydrogen (secondary N) is 3. The number of urea groups is 1. The number of nitrogens with zero attached hydrogens (tertiary/aromatic N) is 2. The Morgan fingerprint density at radius 2 is 1.77 bits per heavy atom. The average molecular weight is 468 g/mol. The van der Waals surface area contributed by atoms with Crippen LogP contribution in [-0.2, 0) is 4.74 Å². The van der Waals surface area contributed by atoms with Crippen molar-refractivity contribution >= 4 is 34.2 Å². The van der Waals surface area contributed by atoms with Crippen molar-refractivity contribution in [2.45, 2.75) is 18.9 Å². The van der Waals surface area contributed by atoms with Crippen LogP contribution < -0.4 is 16.0 Å². The zero-order valence-electron chi connectivity index (χ0n) is 19.0. The molecule has 1 aliphatic rings. The fourth-order valence-electron chi connectivity index (χ4n) is 4.05. The number of fused-ring (bicyclic) bond motifs is 1. The van der Waals surface area contributed by atoms with Crippen LogP contribution >= 0.6 is 0 Å². The van der Waals surface area contributed by atoms with Crippen LogP contribution in [0, 0.1) is 0 Å². The summed E-state index contributed by atoms with van der Waals surface area (Å²) in [5.74, 6) is -0.247. The van der Waals surface area contributed by atoms with Gasteiger partial charge in [-0.1, -0.05) is 18.2 Å². The minimum atomic E-state index is -0.288. The van der Waals surface area contributed by atoms with Gasteiger partial charge in [0.15, 0.2) is 0 Å². The van der Waals surface area contributed by atoms with Gasteiger partial charge < -0.3 is 20.7 Å². The molecule has 1 saturated heterocycles. The average Bonchev–Trinajstić information content (AvgIpc) is 3.42. The van der Waals surface area contributed by atoms with Crippen molar-refractivity contribution in [1.29, 1.82) is 0 Å². The van der Waals surface area contributed by atoms with Gasteiger partial charge in [0.2, 0.25) is 0 Å². The Bertz CT molecular complexity index is 1340. The number of benzene rings is 2. The first-order valence-electron chi connectivity index (χ1n) is 11.5. The molecule has 1 aliphatic heterocycles. The minimum absolute atomic E-state index is 0.0845. The zero-order chi connectivity index (χ0) is 24.0. The summed E-state index contributed by atoms with van der Waals surface area (Å²) < 4.78 is 5.51. The number of anilines is 2. The van der Waals surface area contributed by atoms with Crippen LogP contribution in [0.3, 0.4) is 0 Å². The second-order valence-corrected chi connectivity index (χ2v) is 8.32. The number of amides is 3. The van der Waals surface area contributed by atoms with E-state index >= 15 is 0 Å². The van der Waals surface area contributed by atoms with Crippen LogP contribution in [0.1, 0.15) is 23.2 Å². The molecule has 176 valence electrons. The molecule has 5 rings (SSSR count). The molecule has 8 nitrogen and oxygen atoms in total. The number of carbonyl (C=O) groups excluding carboxylic acids is 2. The van der Waals surface area contributed by atoms with Crippen molar-refractivity contribution < 1.29 is 14.3 Å². The molecule has 35 heavy (non-hydrogen) atoms. The van der Waals surface area contributed by atoms with Crippen molar-refractivity contribution in [3.8, 4) is 11.3 Å². The fraction of sp³-hybridized carbons (Fsp3) is 0.185. The third-order valence-electron chi connectivity index (χ3n) is 5.83. The molecule has 1 fully saturated rings. The third kappa shape index (κ3) is 5.44. The molecule has 1 atom stereocenters. The van der Waals surface area contributed by atoms with Gasteiger partial charge in [-0.2, -0.15) is 0 Å². The molecule has 4 aromatic rings. The van der Waals surface area contributed by atoms with E-state index < -0.39 is 0 Å². The molecule has 3 amide bonds. The Balaban J connectivity index is 1.29. The summed E-state index contributed by atoms with van der Waals surface area (Å²) in [6.07, 6.45) is 5.50. The molecular weight excluding hydrogens is 442 g/mol. The van der Waals surface area contributed by atoms with Crippen molar-refractivity contribution in [2.24, 2.45) is 0 Å². The highest BCUT2D eigenvalue weighted by molar-refractivity contribution is 6.13.